The molecule has 1 N–H and O–H groups in total. The van der Waals surface area contributed by atoms with E-state index in [4.69, 9.17) is 16.3 Å². The topological polar surface area (TPSA) is 54.5 Å². The number of nitrogens with one attached hydrogen (secondary N) is 1. The van der Waals surface area contributed by atoms with Crippen molar-refractivity contribution in [1.82, 2.24) is 9.88 Å². The average Bonchev–Trinajstić information content (AvgIpc) is 3.01. The summed E-state index contributed by atoms with van der Waals surface area (Å²) in [5.41, 5.74) is 0.554. The fraction of sp³-hybridized carbons (Fsp3) is 0.250. The molecule has 5 nitrogen and oxygen atoms in total. The highest BCUT2D eigenvalue weighted by Gasteiger charge is 2.28. The maximum absolute atomic E-state index is 12.9. The Kier molecular flexibility index (Phi) is 4.62. The number of hydrogen-bond acceptors (Lipinski definition) is 3. The molecule has 120 valence electrons. The Labute approximate surface area is 138 Å². The van der Waals surface area contributed by atoms with Crippen molar-refractivity contribution in [1.29, 1.82) is 0 Å². The summed E-state index contributed by atoms with van der Waals surface area (Å²) in [6.07, 6.45) is 3.73. The summed E-state index contributed by atoms with van der Waals surface area (Å²) in [4.78, 5) is 17.8. The first-order valence-electron chi connectivity index (χ1n) is 7.19. The van der Waals surface area contributed by atoms with Gasteiger partial charge < -0.3 is 15.0 Å². The lowest BCUT2D eigenvalue weighted by Crippen LogP contribution is -2.34. The average molecular weight is 336 g/mol. The molecule has 1 fully saturated rings. The van der Waals surface area contributed by atoms with Crippen LogP contribution in [0.4, 0.5) is 14.9 Å². The predicted octanol–water partition coefficient (Wildman–Crippen LogP) is 3.56. The lowest BCUT2D eigenvalue weighted by Gasteiger charge is -2.18. The van der Waals surface area contributed by atoms with E-state index in [0.717, 1.165) is 6.42 Å². The van der Waals surface area contributed by atoms with Crippen LogP contribution in [-0.2, 0) is 0 Å². The Balaban J connectivity index is 1.55. The van der Waals surface area contributed by atoms with Crippen LogP contribution in [0.2, 0.25) is 5.02 Å². The zero-order chi connectivity index (χ0) is 16.2. The number of carbonyl (C=O) groups excluding carboxylic acids is 1. The molecule has 0 unspecified atom stereocenters. The Morgan fingerprint density at radius 2 is 2.13 bits per heavy atom. The first-order chi connectivity index (χ1) is 11.1. The highest BCUT2D eigenvalue weighted by molar-refractivity contribution is 6.31. The summed E-state index contributed by atoms with van der Waals surface area (Å²) in [5.74, 6) is 0.222. The van der Waals surface area contributed by atoms with Gasteiger partial charge in [-0.25, -0.2) is 9.18 Å². The second-order valence-electron chi connectivity index (χ2n) is 5.22. The molecule has 23 heavy (non-hydrogen) atoms. The fourth-order valence-electron chi connectivity index (χ4n) is 2.38. The van der Waals surface area contributed by atoms with Gasteiger partial charge in [-0.3, -0.25) is 4.98 Å². The third-order valence-corrected chi connectivity index (χ3v) is 3.84. The van der Waals surface area contributed by atoms with Crippen molar-refractivity contribution < 1.29 is 13.9 Å². The maximum Gasteiger partial charge on any atom is 0.321 e. The van der Waals surface area contributed by atoms with Gasteiger partial charge in [0.15, 0.2) is 0 Å². The van der Waals surface area contributed by atoms with Crippen LogP contribution in [0.25, 0.3) is 0 Å². The van der Waals surface area contributed by atoms with E-state index in [9.17, 15) is 9.18 Å². The van der Waals surface area contributed by atoms with E-state index >= 15 is 0 Å². The zero-order valence-electron chi connectivity index (χ0n) is 12.2. The minimum absolute atomic E-state index is 0.117. The fourth-order valence-corrected chi connectivity index (χ4v) is 2.55. The number of urea groups is 1. The number of anilines is 1. The molecule has 2 aromatic rings. The van der Waals surface area contributed by atoms with E-state index in [1.54, 1.807) is 17.2 Å². The molecular weight excluding hydrogens is 321 g/mol. The van der Waals surface area contributed by atoms with Crippen molar-refractivity contribution in [3.05, 3.63) is 53.6 Å². The molecule has 0 saturated carbocycles. The normalized spacial score (nSPS) is 17.1. The van der Waals surface area contributed by atoms with Crippen LogP contribution < -0.4 is 10.1 Å². The number of ether oxygens (including phenoxy) is 1. The van der Waals surface area contributed by atoms with Gasteiger partial charge in [-0.2, -0.15) is 0 Å². The molecule has 0 bridgehead atoms. The van der Waals surface area contributed by atoms with E-state index in [1.807, 2.05) is 0 Å². The Morgan fingerprint density at radius 3 is 2.87 bits per heavy atom. The van der Waals surface area contributed by atoms with Gasteiger partial charge in [0.05, 0.1) is 6.54 Å². The molecule has 0 radical (unpaired) electrons. The molecule has 1 aromatic carbocycles. The summed E-state index contributed by atoms with van der Waals surface area (Å²) in [7, 11) is 0. The molecule has 2 heterocycles. The van der Waals surface area contributed by atoms with Crippen LogP contribution in [0.15, 0.2) is 42.7 Å². The van der Waals surface area contributed by atoms with E-state index < -0.39 is 0 Å². The Bertz CT molecular complexity index is 696. The number of halogens is 2. The van der Waals surface area contributed by atoms with Crippen LogP contribution in [0, 0.1) is 5.82 Å². The number of benzene rings is 1. The van der Waals surface area contributed by atoms with Crippen molar-refractivity contribution in [2.45, 2.75) is 12.5 Å². The van der Waals surface area contributed by atoms with Crippen LogP contribution in [0.5, 0.6) is 5.75 Å². The number of hydrogen-bond donors (Lipinski definition) is 1. The van der Waals surface area contributed by atoms with Crippen LogP contribution >= 0.6 is 11.6 Å². The molecular formula is C16H15ClFN3O2. The van der Waals surface area contributed by atoms with Gasteiger partial charge >= 0.3 is 6.03 Å². The minimum Gasteiger partial charge on any atom is -0.487 e. The van der Waals surface area contributed by atoms with E-state index in [-0.39, 0.29) is 18.0 Å². The summed E-state index contributed by atoms with van der Waals surface area (Å²) < 4.78 is 18.7. The van der Waals surface area contributed by atoms with Crippen molar-refractivity contribution in [3.8, 4) is 5.75 Å². The number of pyridine rings is 1. The SMILES string of the molecule is O=C(Nc1ccc(F)cc1)N1CC[C@H](Oc2ccncc2Cl)C1. The molecule has 1 aliphatic heterocycles. The molecule has 3 rings (SSSR count). The number of aromatic nitrogens is 1. The molecule has 0 spiro atoms. The second kappa shape index (κ2) is 6.83. The second-order valence-corrected chi connectivity index (χ2v) is 5.62. The van der Waals surface area contributed by atoms with Gasteiger partial charge in [0.2, 0.25) is 0 Å². The van der Waals surface area contributed by atoms with E-state index in [0.29, 0.717) is 29.5 Å². The quantitative estimate of drug-likeness (QED) is 0.933. The largest absolute Gasteiger partial charge is 0.487 e. The number of nitrogens with zero attached hydrogens (tertiary/aromatic N) is 2. The monoisotopic (exact) mass is 335 g/mol. The predicted molar refractivity (Wildman–Crippen MR) is 85.3 cm³/mol. The van der Waals surface area contributed by atoms with Crippen LogP contribution in [-0.4, -0.2) is 35.1 Å². The van der Waals surface area contributed by atoms with Crippen molar-refractivity contribution >= 4 is 23.3 Å². The van der Waals surface area contributed by atoms with Crippen LogP contribution in [0.3, 0.4) is 0 Å². The van der Waals surface area contributed by atoms with Crippen molar-refractivity contribution in [2.75, 3.05) is 18.4 Å². The van der Waals surface area contributed by atoms with Crippen molar-refractivity contribution in [3.63, 3.8) is 0 Å². The lowest BCUT2D eigenvalue weighted by atomic mass is 10.3. The smallest absolute Gasteiger partial charge is 0.321 e. The highest BCUT2D eigenvalue weighted by atomic mass is 35.5. The number of carbonyl (C=O) groups is 1. The summed E-state index contributed by atoms with van der Waals surface area (Å²) in [6, 6.07) is 7.11. The number of rotatable bonds is 3. The Morgan fingerprint density at radius 1 is 1.35 bits per heavy atom. The summed E-state index contributed by atoms with van der Waals surface area (Å²) in [5, 5.41) is 3.18. The zero-order valence-corrected chi connectivity index (χ0v) is 13.0. The lowest BCUT2D eigenvalue weighted by molar-refractivity contribution is 0.195. The maximum atomic E-state index is 12.9. The highest BCUT2D eigenvalue weighted by Crippen LogP contribution is 2.25. The number of likely N-dealkylation sites (tertiary alicyclic amines) is 1. The molecule has 2 amide bonds. The number of amides is 2. The Hall–Kier alpha value is -2.34. The molecule has 1 aliphatic rings. The van der Waals surface area contributed by atoms with Gasteiger partial charge in [0.1, 0.15) is 22.7 Å². The molecule has 1 saturated heterocycles. The minimum atomic E-state index is -0.341. The van der Waals surface area contributed by atoms with Gasteiger partial charge in [0, 0.05) is 37.1 Å². The first kappa shape index (κ1) is 15.6. The molecule has 1 aromatic heterocycles. The summed E-state index contributed by atoms with van der Waals surface area (Å²) >= 11 is 6.01. The van der Waals surface area contributed by atoms with Crippen molar-refractivity contribution in [2.24, 2.45) is 0 Å². The third kappa shape index (κ3) is 3.90. The van der Waals surface area contributed by atoms with Crippen LogP contribution in [0.1, 0.15) is 6.42 Å². The van der Waals surface area contributed by atoms with E-state index in [2.05, 4.69) is 10.3 Å². The third-order valence-electron chi connectivity index (χ3n) is 3.56. The van der Waals surface area contributed by atoms with Gasteiger partial charge in [-0.1, -0.05) is 11.6 Å². The molecule has 1 atom stereocenters. The summed E-state index contributed by atoms with van der Waals surface area (Å²) in [6.45, 7) is 1.05. The van der Waals surface area contributed by atoms with Gasteiger partial charge in [0.25, 0.3) is 0 Å². The standard InChI is InChI=1S/C16H15ClFN3O2/c17-14-9-19-7-5-15(14)23-13-6-8-21(10-13)16(22)20-12-3-1-11(18)2-4-12/h1-5,7,9,13H,6,8,10H2,(H,20,22)/t13-/m0/s1. The van der Waals surface area contributed by atoms with Gasteiger partial charge in [-0.05, 0) is 24.3 Å². The molecule has 7 heteroatoms. The van der Waals surface area contributed by atoms with Gasteiger partial charge in [-0.15, -0.1) is 0 Å². The van der Waals surface area contributed by atoms with E-state index in [1.165, 1.54) is 30.5 Å². The molecule has 0 aliphatic carbocycles. The first-order valence-corrected chi connectivity index (χ1v) is 7.57.